The van der Waals surface area contributed by atoms with Crippen LogP contribution in [0.1, 0.15) is 12.8 Å². The summed E-state index contributed by atoms with van der Waals surface area (Å²) in [7, 11) is 0. The van der Waals surface area contributed by atoms with E-state index in [0.717, 1.165) is 5.92 Å². The standard InChI is InChI=1S/C7H10/c1-2-3-4-7-5-6-7/h2-4,7H,1,5-6H2/b4-3-. The normalized spacial score (nSPS) is 20.6. The fraction of sp³-hybridized carbons (Fsp3) is 0.429. The molecule has 38 valence electrons. The van der Waals surface area contributed by atoms with E-state index in [1.54, 1.807) is 0 Å². The van der Waals surface area contributed by atoms with Gasteiger partial charge in [0.2, 0.25) is 0 Å². The first-order valence-electron chi connectivity index (χ1n) is 2.72. The van der Waals surface area contributed by atoms with Gasteiger partial charge >= 0.3 is 0 Å². The van der Waals surface area contributed by atoms with E-state index in [0.29, 0.717) is 0 Å². The van der Waals surface area contributed by atoms with Crippen LogP contribution in [0.15, 0.2) is 24.8 Å². The van der Waals surface area contributed by atoms with Crippen LogP contribution in [0.5, 0.6) is 0 Å². The second-order valence-electron chi connectivity index (χ2n) is 1.96. The first-order chi connectivity index (χ1) is 3.43. The highest BCUT2D eigenvalue weighted by Gasteiger charge is 2.16. The molecule has 0 atom stereocenters. The first-order valence-corrected chi connectivity index (χ1v) is 2.72. The van der Waals surface area contributed by atoms with Crippen LogP contribution >= 0.6 is 0 Å². The summed E-state index contributed by atoms with van der Waals surface area (Å²) in [6.45, 7) is 3.57. The quantitative estimate of drug-likeness (QED) is 0.460. The topological polar surface area (TPSA) is 0 Å². The van der Waals surface area contributed by atoms with E-state index in [2.05, 4.69) is 12.7 Å². The average Bonchev–Trinajstić information content (AvgIpc) is 2.42. The Bertz CT molecular complexity index is 86.2. The minimum absolute atomic E-state index is 0.901. The summed E-state index contributed by atoms with van der Waals surface area (Å²) in [6, 6.07) is 0. The van der Waals surface area contributed by atoms with Crippen LogP contribution in [-0.2, 0) is 0 Å². The number of rotatable bonds is 2. The molecule has 0 unspecified atom stereocenters. The van der Waals surface area contributed by atoms with Crippen molar-refractivity contribution in [3.05, 3.63) is 24.8 Å². The van der Waals surface area contributed by atoms with Gasteiger partial charge in [0.15, 0.2) is 0 Å². The molecule has 0 amide bonds. The van der Waals surface area contributed by atoms with Gasteiger partial charge in [-0.25, -0.2) is 0 Å². The third-order valence-corrected chi connectivity index (χ3v) is 1.14. The van der Waals surface area contributed by atoms with Gasteiger partial charge in [-0.2, -0.15) is 0 Å². The molecule has 0 aromatic carbocycles. The molecule has 0 heterocycles. The predicted molar refractivity (Wildman–Crippen MR) is 32.1 cm³/mol. The minimum atomic E-state index is 0.901. The van der Waals surface area contributed by atoms with E-state index >= 15 is 0 Å². The molecule has 0 aromatic rings. The zero-order valence-corrected chi connectivity index (χ0v) is 4.43. The van der Waals surface area contributed by atoms with Crippen LogP contribution in [-0.4, -0.2) is 0 Å². The average molecular weight is 94.2 g/mol. The Balaban J connectivity index is 2.17. The molecule has 1 rings (SSSR count). The molecule has 1 saturated carbocycles. The molecule has 0 bridgehead atoms. The minimum Gasteiger partial charge on any atom is -0.0991 e. The molecule has 0 saturated heterocycles. The largest absolute Gasteiger partial charge is 0.0991 e. The van der Waals surface area contributed by atoms with Gasteiger partial charge in [-0.05, 0) is 18.8 Å². The second kappa shape index (κ2) is 1.97. The Hall–Kier alpha value is -0.520. The van der Waals surface area contributed by atoms with Crippen molar-refractivity contribution in [3.8, 4) is 0 Å². The Kier molecular flexibility index (Phi) is 1.30. The maximum absolute atomic E-state index is 3.57. The second-order valence-corrected chi connectivity index (χ2v) is 1.96. The summed E-state index contributed by atoms with van der Waals surface area (Å²) < 4.78 is 0. The maximum atomic E-state index is 3.57. The molecule has 1 fully saturated rings. The number of hydrogen-bond acceptors (Lipinski definition) is 0. The highest BCUT2D eigenvalue weighted by atomic mass is 14.2. The van der Waals surface area contributed by atoms with Gasteiger partial charge in [0.25, 0.3) is 0 Å². The number of allylic oxidation sites excluding steroid dienone is 3. The van der Waals surface area contributed by atoms with Gasteiger partial charge in [-0.1, -0.05) is 24.8 Å². The van der Waals surface area contributed by atoms with Crippen molar-refractivity contribution >= 4 is 0 Å². The highest BCUT2D eigenvalue weighted by Crippen LogP contribution is 2.29. The molecule has 0 nitrogen and oxygen atoms in total. The first kappa shape index (κ1) is 4.63. The van der Waals surface area contributed by atoms with E-state index in [4.69, 9.17) is 0 Å². The van der Waals surface area contributed by atoms with Crippen molar-refractivity contribution in [2.75, 3.05) is 0 Å². The lowest BCUT2D eigenvalue weighted by Crippen LogP contribution is -1.56. The van der Waals surface area contributed by atoms with Crippen LogP contribution in [0.3, 0.4) is 0 Å². The van der Waals surface area contributed by atoms with E-state index in [-0.39, 0.29) is 0 Å². The van der Waals surface area contributed by atoms with Crippen LogP contribution < -0.4 is 0 Å². The fourth-order valence-corrected chi connectivity index (χ4v) is 0.524. The van der Waals surface area contributed by atoms with Gasteiger partial charge in [-0.15, -0.1) is 0 Å². The summed E-state index contributed by atoms with van der Waals surface area (Å²) in [5.74, 6) is 0.901. The van der Waals surface area contributed by atoms with Crippen molar-refractivity contribution in [1.82, 2.24) is 0 Å². The molecule has 0 heteroatoms. The molecular formula is C7H10. The van der Waals surface area contributed by atoms with Gasteiger partial charge in [-0.3, -0.25) is 0 Å². The zero-order chi connectivity index (χ0) is 5.11. The molecule has 0 aliphatic heterocycles. The molecule has 0 radical (unpaired) electrons. The Morgan fingerprint density at radius 1 is 1.43 bits per heavy atom. The maximum Gasteiger partial charge on any atom is -0.0230 e. The molecule has 1 aliphatic carbocycles. The molecule has 0 spiro atoms. The van der Waals surface area contributed by atoms with Crippen LogP contribution in [0.25, 0.3) is 0 Å². The van der Waals surface area contributed by atoms with Gasteiger partial charge < -0.3 is 0 Å². The predicted octanol–water partition coefficient (Wildman–Crippen LogP) is 2.14. The highest BCUT2D eigenvalue weighted by molar-refractivity contribution is 5.03. The lowest BCUT2D eigenvalue weighted by molar-refractivity contribution is 1.12. The summed E-state index contributed by atoms with van der Waals surface area (Å²) in [6.07, 6.45) is 8.86. The van der Waals surface area contributed by atoms with Crippen molar-refractivity contribution in [1.29, 1.82) is 0 Å². The van der Waals surface area contributed by atoms with Crippen LogP contribution in [0.2, 0.25) is 0 Å². The third-order valence-electron chi connectivity index (χ3n) is 1.14. The van der Waals surface area contributed by atoms with Crippen LogP contribution in [0, 0.1) is 5.92 Å². The third kappa shape index (κ3) is 1.58. The van der Waals surface area contributed by atoms with E-state index in [1.807, 2.05) is 12.2 Å². The zero-order valence-electron chi connectivity index (χ0n) is 4.43. The molecule has 7 heavy (non-hydrogen) atoms. The van der Waals surface area contributed by atoms with Crippen molar-refractivity contribution < 1.29 is 0 Å². The van der Waals surface area contributed by atoms with Crippen molar-refractivity contribution in [3.63, 3.8) is 0 Å². The van der Waals surface area contributed by atoms with Crippen molar-refractivity contribution in [2.24, 2.45) is 5.92 Å². The summed E-state index contributed by atoms with van der Waals surface area (Å²) >= 11 is 0. The monoisotopic (exact) mass is 94.1 g/mol. The Morgan fingerprint density at radius 3 is 2.57 bits per heavy atom. The van der Waals surface area contributed by atoms with Crippen LogP contribution in [0.4, 0.5) is 0 Å². The summed E-state index contributed by atoms with van der Waals surface area (Å²) in [5, 5.41) is 0. The van der Waals surface area contributed by atoms with E-state index < -0.39 is 0 Å². The molecule has 0 aromatic heterocycles. The lowest BCUT2D eigenvalue weighted by Gasteiger charge is -1.71. The fourth-order valence-electron chi connectivity index (χ4n) is 0.524. The smallest absolute Gasteiger partial charge is 0.0230 e. The number of hydrogen-bond donors (Lipinski definition) is 0. The summed E-state index contributed by atoms with van der Waals surface area (Å²) in [4.78, 5) is 0. The molecular weight excluding hydrogens is 84.1 g/mol. The van der Waals surface area contributed by atoms with Gasteiger partial charge in [0.05, 0.1) is 0 Å². The molecule has 0 N–H and O–H groups in total. The Morgan fingerprint density at radius 2 is 2.14 bits per heavy atom. The van der Waals surface area contributed by atoms with E-state index in [9.17, 15) is 0 Å². The van der Waals surface area contributed by atoms with Crippen molar-refractivity contribution in [2.45, 2.75) is 12.8 Å². The SMILES string of the molecule is C=C/C=C\C1CC1. The van der Waals surface area contributed by atoms with Gasteiger partial charge in [0.1, 0.15) is 0 Å². The molecule has 1 aliphatic rings. The Labute approximate surface area is 44.5 Å². The lowest BCUT2D eigenvalue weighted by atomic mass is 10.4. The van der Waals surface area contributed by atoms with Gasteiger partial charge in [0, 0.05) is 0 Å². The van der Waals surface area contributed by atoms with E-state index in [1.165, 1.54) is 12.8 Å². The summed E-state index contributed by atoms with van der Waals surface area (Å²) in [5.41, 5.74) is 0.